The highest BCUT2D eigenvalue weighted by Crippen LogP contribution is 2.29. The van der Waals surface area contributed by atoms with Gasteiger partial charge >= 0.3 is 6.09 Å². The van der Waals surface area contributed by atoms with Gasteiger partial charge in [-0.15, -0.1) is 0 Å². The lowest BCUT2D eigenvalue weighted by atomic mass is 10.0. The molecule has 0 aliphatic carbocycles. The Morgan fingerprint density at radius 3 is 2.54 bits per heavy atom. The molecule has 1 heterocycles. The molecule has 0 aromatic heterocycles. The Bertz CT molecular complexity index is 649. The summed E-state index contributed by atoms with van der Waals surface area (Å²) in [5.74, 6) is 0. The first-order valence-corrected chi connectivity index (χ1v) is 8.85. The molecule has 2 rings (SSSR count). The van der Waals surface area contributed by atoms with Gasteiger partial charge in [0.05, 0.1) is 4.92 Å². The lowest BCUT2D eigenvalue weighted by Crippen LogP contribution is -2.45. The number of hydrogen-bond acceptors (Lipinski definition) is 6. The van der Waals surface area contributed by atoms with Crippen LogP contribution in [0.25, 0.3) is 0 Å². The number of carbonyl (C=O) groups is 1. The summed E-state index contributed by atoms with van der Waals surface area (Å²) in [5, 5.41) is 17.0. The molecule has 0 unspecified atom stereocenters. The Labute approximate surface area is 154 Å². The molecular formula is C18H28N4O4. The second-order valence-corrected chi connectivity index (χ2v) is 7.52. The van der Waals surface area contributed by atoms with Crippen molar-refractivity contribution in [2.45, 2.75) is 51.8 Å². The molecule has 26 heavy (non-hydrogen) atoms. The lowest BCUT2D eigenvalue weighted by molar-refractivity contribution is -0.384. The molecule has 2 N–H and O–H groups in total. The first kappa shape index (κ1) is 20.0. The fourth-order valence-corrected chi connectivity index (χ4v) is 3.11. The summed E-state index contributed by atoms with van der Waals surface area (Å²) in [7, 11) is 1.70. The minimum atomic E-state index is -0.504. The van der Waals surface area contributed by atoms with Crippen molar-refractivity contribution in [2.75, 3.05) is 25.5 Å². The van der Waals surface area contributed by atoms with Gasteiger partial charge in [0.2, 0.25) is 0 Å². The molecule has 8 heteroatoms. The normalized spacial score (nSPS) is 16.2. The quantitative estimate of drug-likeness (QED) is 0.615. The highest BCUT2D eigenvalue weighted by molar-refractivity contribution is 5.68. The molecule has 0 spiro atoms. The van der Waals surface area contributed by atoms with Crippen LogP contribution in [0.2, 0.25) is 0 Å². The van der Waals surface area contributed by atoms with Gasteiger partial charge in [-0.05, 0) is 39.2 Å². The highest BCUT2D eigenvalue weighted by Gasteiger charge is 2.25. The van der Waals surface area contributed by atoms with Crippen molar-refractivity contribution in [3.05, 3.63) is 33.9 Å². The molecule has 8 nitrogen and oxygen atoms in total. The maximum absolute atomic E-state index is 11.9. The van der Waals surface area contributed by atoms with Crippen molar-refractivity contribution < 1.29 is 14.5 Å². The van der Waals surface area contributed by atoms with Gasteiger partial charge in [0.15, 0.2) is 0 Å². The van der Waals surface area contributed by atoms with Crippen LogP contribution >= 0.6 is 0 Å². The molecule has 1 aromatic rings. The average Bonchev–Trinajstić information content (AvgIpc) is 2.54. The second kappa shape index (κ2) is 8.35. The summed E-state index contributed by atoms with van der Waals surface area (Å²) in [4.78, 5) is 24.9. The van der Waals surface area contributed by atoms with Crippen molar-refractivity contribution in [1.29, 1.82) is 0 Å². The molecule has 144 valence electrons. The van der Waals surface area contributed by atoms with Gasteiger partial charge < -0.3 is 15.4 Å². The summed E-state index contributed by atoms with van der Waals surface area (Å²) in [5.41, 5.74) is 1.05. The highest BCUT2D eigenvalue weighted by atomic mass is 16.6. The molecule has 0 radical (unpaired) electrons. The number of likely N-dealkylation sites (tertiary alicyclic amines) is 1. The lowest BCUT2D eigenvalue weighted by Gasteiger charge is -2.33. The number of anilines is 1. The Kier molecular flexibility index (Phi) is 6.42. The number of nitro groups is 1. The van der Waals surface area contributed by atoms with Crippen molar-refractivity contribution in [2.24, 2.45) is 0 Å². The van der Waals surface area contributed by atoms with Crippen LogP contribution < -0.4 is 10.6 Å². The van der Waals surface area contributed by atoms with Crippen LogP contribution in [-0.2, 0) is 11.3 Å². The Morgan fingerprint density at radius 2 is 2.00 bits per heavy atom. The first-order valence-electron chi connectivity index (χ1n) is 8.85. The summed E-state index contributed by atoms with van der Waals surface area (Å²) < 4.78 is 5.29. The maximum atomic E-state index is 11.9. The van der Waals surface area contributed by atoms with Crippen LogP contribution in [0.4, 0.5) is 16.2 Å². The molecule has 1 aliphatic heterocycles. The molecule has 1 saturated heterocycles. The number of nitro benzene ring substituents is 1. The standard InChI is InChI=1S/C18H28N4O4/c1-18(2,3)26-17(23)20-14-8-10-21(11-9-14)12-13-6-5-7-15(22(24)25)16(13)19-4/h5-7,14,19H,8-12H2,1-4H3,(H,20,23). The predicted octanol–water partition coefficient (Wildman–Crippen LogP) is 3.13. The zero-order valence-corrected chi connectivity index (χ0v) is 15.9. The maximum Gasteiger partial charge on any atom is 0.407 e. The number of alkyl carbamates (subject to hydrolysis) is 1. The van der Waals surface area contributed by atoms with E-state index in [0.29, 0.717) is 12.2 Å². The van der Waals surface area contributed by atoms with Crippen molar-refractivity contribution >= 4 is 17.5 Å². The number of nitrogens with one attached hydrogen (secondary N) is 2. The number of benzene rings is 1. The topological polar surface area (TPSA) is 96.7 Å². The molecule has 0 bridgehead atoms. The number of nitrogens with zero attached hydrogens (tertiary/aromatic N) is 2. The number of amides is 1. The van der Waals surface area contributed by atoms with Crippen molar-refractivity contribution in [1.82, 2.24) is 10.2 Å². The van der Waals surface area contributed by atoms with E-state index >= 15 is 0 Å². The van der Waals surface area contributed by atoms with E-state index in [9.17, 15) is 14.9 Å². The second-order valence-electron chi connectivity index (χ2n) is 7.52. The van der Waals surface area contributed by atoms with Gasteiger partial charge in [-0.2, -0.15) is 0 Å². The van der Waals surface area contributed by atoms with Crippen LogP contribution in [0.5, 0.6) is 0 Å². The van der Waals surface area contributed by atoms with Crippen molar-refractivity contribution in [3.8, 4) is 0 Å². The van der Waals surface area contributed by atoms with Gasteiger partial charge in [-0.25, -0.2) is 4.79 Å². The van der Waals surface area contributed by atoms with E-state index in [4.69, 9.17) is 4.74 Å². The van der Waals surface area contributed by atoms with Crippen molar-refractivity contribution in [3.63, 3.8) is 0 Å². The molecule has 1 aromatic carbocycles. The monoisotopic (exact) mass is 364 g/mol. The number of carbonyl (C=O) groups excluding carboxylic acids is 1. The predicted molar refractivity (Wildman–Crippen MR) is 100 cm³/mol. The van der Waals surface area contributed by atoms with E-state index in [1.54, 1.807) is 13.1 Å². The van der Waals surface area contributed by atoms with Gasteiger partial charge in [0, 0.05) is 38.8 Å². The van der Waals surface area contributed by atoms with Crippen LogP contribution in [0, 0.1) is 10.1 Å². The molecule has 0 saturated carbocycles. The third-order valence-electron chi connectivity index (χ3n) is 4.28. The smallest absolute Gasteiger partial charge is 0.407 e. The average molecular weight is 364 g/mol. The zero-order chi connectivity index (χ0) is 19.3. The van der Waals surface area contributed by atoms with Gasteiger partial charge in [-0.1, -0.05) is 12.1 Å². The summed E-state index contributed by atoms with van der Waals surface area (Å²) >= 11 is 0. The van der Waals surface area contributed by atoms with Crippen LogP contribution in [0.1, 0.15) is 39.2 Å². The third kappa shape index (κ3) is 5.59. The summed E-state index contributed by atoms with van der Waals surface area (Å²) in [6.45, 7) is 7.78. The number of para-hydroxylation sites is 1. The zero-order valence-electron chi connectivity index (χ0n) is 15.9. The van der Waals surface area contributed by atoms with Crippen LogP contribution in [0.15, 0.2) is 18.2 Å². The summed E-state index contributed by atoms with van der Waals surface area (Å²) in [6, 6.07) is 5.22. The Morgan fingerprint density at radius 1 is 1.35 bits per heavy atom. The third-order valence-corrected chi connectivity index (χ3v) is 4.28. The van der Waals surface area contributed by atoms with E-state index in [2.05, 4.69) is 15.5 Å². The van der Waals surface area contributed by atoms with E-state index < -0.39 is 5.60 Å². The number of hydrogen-bond donors (Lipinski definition) is 2. The van der Waals surface area contributed by atoms with E-state index in [-0.39, 0.29) is 22.7 Å². The van der Waals surface area contributed by atoms with Crippen LogP contribution in [0.3, 0.4) is 0 Å². The number of ether oxygens (including phenoxy) is 1. The largest absolute Gasteiger partial charge is 0.444 e. The minimum Gasteiger partial charge on any atom is -0.444 e. The van der Waals surface area contributed by atoms with Gasteiger partial charge in [0.25, 0.3) is 5.69 Å². The first-order chi connectivity index (χ1) is 12.2. The summed E-state index contributed by atoms with van der Waals surface area (Å²) in [6.07, 6.45) is 1.26. The van der Waals surface area contributed by atoms with Crippen LogP contribution in [-0.4, -0.2) is 47.7 Å². The van der Waals surface area contributed by atoms with E-state index in [1.807, 2.05) is 26.8 Å². The van der Waals surface area contributed by atoms with E-state index in [1.165, 1.54) is 6.07 Å². The Hall–Kier alpha value is -2.35. The molecule has 1 amide bonds. The fraction of sp³-hybridized carbons (Fsp3) is 0.611. The SMILES string of the molecule is CNc1c(CN2CCC(NC(=O)OC(C)(C)C)CC2)cccc1[N+](=O)[O-]. The molecule has 1 aliphatic rings. The van der Waals surface area contributed by atoms with E-state index in [0.717, 1.165) is 31.5 Å². The molecule has 0 atom stereocenters. The fourth-order valence-electron chi connectivity index (χ4n) is 3.11. The number of rotatable bonds is 5. The van der Waals surface area contributed by atoms with Gasteiger partial charge in [0.1, 0.15) is 11.3 Å². The van der Waals surface area contributed by atoms with Gasteiger partial charge in [-0.3, -0.25) is 15.0 Å². The molecular weight excluding hydrogens is 336 g/mol. The minimum absolute atomic E-state index is 0.0893. The number of piperidine rings is 1. The Balaban J connectivity index is 1.90. The molecule has 1 fully saturated rings.